The van der Waals surface area contributed by atoms with E-state index < -0.39 is 0 Å². The van der Waals surface area contributed by atoms with Crippen LogP contribution in [0.15, 0.2) is 22.5 Å². The van der Waals surface area contributed by atoms with Crippen molar-refractivity contribution < 1.29 is 9.53 Å². The highest BCUT2D eigenvalue weighted by Crippen LogP contribution is 2.28. The number of nitrogens with one attached hydrogen (secondary N) is 1. The van der Waals surface area contributed by atoms with E-state index in [1.54, 1.807) is 25.3 Å². The number of thioether (sulfide) groups is 1. The van der Waals surface area contributed by atoms with Gasteiger partial charge in [-0.1, -0.05) is 48.5 Å². The number of halogens is 1. The molecule has 0 atom stereocenters. The monoisotopic (exact) mass is 371 g/mol. The van der Waals surface area contributed by atoms with E-state index in [4.69, 9.17) is 16.3 Å². The van der Waals surface area contributed by atoms with Crippen LogP contribution in [-0.4, -0.2) is 35.4 Å². The van der Waals surface area contributed by atoms with E-state index in [0.29, 0.717) is 28.0 Å². The molecule has 0 unspecified atom stereocenters. The van der Waals surface area contributed by atoms with E-state index in [0.717, 1.165) is 16.0 Å². The summed E-state index contributed by atoms with van der Waals surface area (Å²) in [4.78, 5) is 12.2. The zero-order valence-corrected chi connectivity index (χ0v) is 15.5. The number of rotatable bonds is 8. The van der Waals surface area contributed by atoms with Gasteiger partial charge < -0.3 is 10.1 Å². The molecule has 0 radical (unpaired) electrons. The standard InChI is InChI=1S/C15H18ClN3O2S2/c1-9(2)7-17-14-18-19-15(23-14)22-8-12(20)10-4-5-13(21-3)11(16)6-10/h4-6,9H,7-8H2,1-3H3,(H,17,18). The van der Waals surface area contributed by atoms with Gasteiger partial charge in [-0.05, 0) is 24.1 Å². The van der Waals surface area contributed by atoms with Crippen molar-refractivity contribution in [1.29, 1.82) is 0 Å². The highest BCUT2D eigenvalue weighted by Gasteiger charge is 2.12. The molecule has 8 heteroatoms. The van der Waals surface area contributed by atoms with Crippen LogP contribution in [0.1, 0.15) is 24.2 Å². The fourth-order valence-electron chi connectivity index (χ4n) is 1.68. The molecule has 0 aliphatic carbocycles. The Morgan fingerprint density at radius 1 is 1.43 bits per heavy atom. The van der Waals surface area contributed by atoms with Gasteiger partial charge >= 0.3 is 0 Å². The summed E-state index contributed by atoms with van der Waals surface area (Å²) in [5.41, 5.74) is 0.561. The van der Waals surface area contributed by atoms with E-state index in [9.17, 15) is 4.79 Å². The second-order valence-electron chi connectivity index (χ2n) is 5.21. The first-order chi connectivity index (χ1) is 11.0. The number of ketones is 1. The summed E-state index contributed by atoms with van der Waals surface area (Å²) in [5, 5.41) is 12.6. The number of benzene rings is 1. The normalized spacial score (nSPS) is 10.8. The lowest BCUT2D eigenvalue weighted by atomic mass is 10.1. The predicted molar refractivity (Wildman–Crippen MR) is 96.3 cm³/mol. The van der Waals surface area contributed by atoms with E-state index in [1.807, 2.05) is 0 Å². The second-order valence-corrected chi connectivity index (χ2v) is 7.82. The summed E-state index contributed by atoms with van der Waals surface area (Å²) in [7, 11) is 1.54. The molecule has 1 aromatic carbocycles. The van der Waals surface area contributed by atoms with Crippen LogP contribution in [0, 0.1) is 5.92 Å². The molecule has 1 aromatic heterocycles. The highest BCUT2D eigenvalue weighted by molar-refractivity contribution is 8.01. The number of anilines is 1. The van der Waals surface area contributed by atoms with Crippen molar-refractivity contribution in [2.75, 3.05) is 24.7 Å². The number of Topliss-reactive ketones (excluding diaryl/α,β-unsaturated/α-hetero) is 1. The van der Waals surface area contributed by atoms with Crippen LogP contribution in [0.3, 0.4) is 0 Å². The highest BCUT2D eigenvalue weighted by atomic mass is 35.5. The Balaban J connectivity index is 1.90. The van der Waals surface area contributed by atoms with Crippen molar-refractivity contribution in [2.45, 2.75) is 18.2 Å². The number of ether oxygens (including phenoxy) is 1. The van der Waals surface area contributed by atoms with Crippen LogP contribution in [0.4, 0.5) is 5.13 Å². The van der Waals surface area contributed by atoms with Crippen LogP contribution in [0.2, 0.25) is 5.02 Å². The van der Waals surface area contributed by atoms with Crippen molar-refractivity contribution in [3.63, 3.8) is 0 Å². The van der Waals surface area contributed by atoms with Crippen molar-refractivity contribution in [3.8, 4) is 5.75 Å². The zero-order valence-electron chi connectivity index (χ0n) is 13.1. The molecule has 1 heterocycles. The first kappa shape index (κ1) is 18.0. The van der Waals surface area contributed by atoms with Crippen molar-refractivity contribution in [3.05, 3.63) is 28.8 Å². The van der Waals surface area contributed by atoms with Crippen molar-refractivity contribution in [1.82, 2.24) is 10.2 Å². The molecule has 1 N–H and O–H groups in total. The summed E-state index contributed by atoms with van der Waals surface area (Å²) in [6, 6.07) is 5.03. The molecule has 0 fully saturated rings. The first-order valence-corrected chi connectivity index (χ1v) is 9.24. The third-order valence-electron chi connectivity index (χ3n) is 2.87. The molecule has 2 rings (SSSR count). The van der Waals surface area contributed by atoms with Gasteiger partial charge in [0.15, 0.2) is 10.1 Å². The van der Waals surface area contributed by atoms with Crippen LogP contribution >= 0.6 is 34.7 Å². The van der Waals surface area contributed by atoms with E-state index >= 15 is 0 Å². The minimum absolute atomic E-state index is 0.00792. The molecule has 0 aliphatic rings. The van der Waals surface area contributed by atoms with Gasteiger partial charge in [0.05, 0.1) is 17.9 Å². The van der Waals surface area contributed by atoms with Gasteiger partial charge in [0, 0.05) is 12.1 Å². The minimum Gasteiger partial charge on any atom is -0.495 e. The average molecular weight is 372 g/mol. The Labute approximate surface area is 148 Å². The summed E-state index contributed by atoms with van der Waals surface area (Å²) >= 11 is 8.87. The minimum atomic E-state index is -0.00792. The molecular formula is C15H18ClN3O2S2. The van der Waals surface area contributed by atoms with Gasteiger partial charge in [0.2, 0.25) is 5.13 Å². The topological polar surface area (TPSA) is 64.1 Å². The maximum atomic E-state index is 12.2. The number of methoxy groups -OCH3 is 1. The molecule has 0 saturated heterocycles. The zero-order chi connectivity index (χ0) is 16.8. The van der Waals surface area contributed by atoms with Gasteiger partial charge in [-0.15, -0.1) is 10.2 Å². The van der Waals surface area contributed by atoms with Crippen LogP contribution < -0.4 is 10.1 Å². The molecule has 0 saturated carbocycles. The molecule has 0 amide bonds. The summed E-state index contributed by atoms with van der Waals surface area (Å²) in [6.07, 6.45) is 0. The SMILES string of the molecule is COc1ccc(C(=O)CSc2nnc(NCC(C)C)s2)cc1Cl. The van der Waals surface area contributed by atoms with Gasteiger partial charge in [0.1, 0.15) is 5.75 Å². The Hall–Kier alpha value is -1.31. The third kappa shape index (κ3) is 5.37. The fraction of sp³-hybridized carbons (Fsp3) is 0.400. The number of carbonyl (C=O) groups is 1. The molecule has 0 aliphatic heterocycles. The Morgan fingerprint density at radius 3 is 2.87 bits per heavy atom. The van der Waals surface area contributed by atoms with Gasteiger partial charge in [-0.3, -0.25) is 4.79 Å². The third-order valence-corrected chi connectivity index (χ3v) is 5.18. The maximum absolute atomic E-state index is 12.2. The lowest BCUT2D eigenvalue weighted by Crippen LogP contribution is -2.07. The van der Waals surface area contributed by atoms with Crippen LogP contribution in [0.5, 0.6) is 5.75 Å². The fourth-order valence-corrected chi connectivity index (χ4v) is 3.59. The number of hydrogen-bond acceptors (Lipinski definition) is 7. The maximum Gasteiger partial charge on any atom is 0.206 e. The molecule has 2 aromatic rings. The van der Waals surface area contributed by atoms with Gasteiger partial charge in [-0.2, -0.15) is 0 Å². The largest absolute Gasteiger partial charge is 0.495 e. The predicted octanol–water partition coefficient (Wildman–Crippen LogP) is 4.24. The molecule has 124 valence electrons. The van der Waals surface area contributed by atoms with Crippen LogP contribution in [-0.2, 0) is 0 Å². The number of nitrogens with zero attached hydrogens (tertiary/aromatic N) is 2. The second kappa shape index (κ2) is 8.52. The Kier molecular flexibility index (Phi) is 6.68. The van der Waals surface area contributed by atoms with Crippen molar-refractivity contribution >= 4 is 45.6 Å². The Bertz CT molecular complexity index is 676. The van der Waals surface area contributed by atoms with Gasteiger partial charge in [-0.25, -0.2) is 0 Å². The summed E-state index contributed by atoms with van der Waals surface area (Å²) in [5.74, 6) is 1.38. The summed E-state index contributed by atoms with van der Waals surface area (Å²) < 4.78 is 5.85. The molecule has 0 spiro atoms. The number of aromatic nitrogens is 2. The lowest BCUT2D eigenvalue weighted by Gasteiger charge is -2.05. The quantitative estimate of drug-likeness (QED) is 0.553. The summed E-state index contributed by atoms with van der Waals surface area (Å²) in [6.45, 7) is 5.10. The lowest BCUT2D eigenvalue weighted by molar-refractivity contribution is 0.102. The molecule has 23 heavy (non-hydrogen) atoms. The smallest absolute Gasteiger partial charge is 0.206 e. The van der Waals surface area contributed by atoms with E-state index in [2.05, 4.69) is 29.4 Å². The Morgan fingerprint density at radius 2 is 2.22 bits per heavy atom. The molecule has 0 bridgehead atoms. The van der Waals surface area contributed by atoms with Crippen molar-refractivity contribution in [2.24, 2.45) is 5.92 Å². The number of carbonyl (C=O) groups excluding carboxylic acids is 1. The molecular weight excluding hydrogens is 354 g/mol. The first-order valence-electron chi connectivity index (χ1n) is 7.06. The van der Waals surface area contributed by atoms with Gasteiger partial charge in [0.25, 0.3) is 0 Å². The average Bonchev–Trinajstić information content (AvgIpc) is 2.98. The number of hydrogen-bond donors (Lipinski definition) is 1. The van der Waals surface area contributed by atoms with Crippen LogP contribution in [0.25, 0.3) is 0 Å². The van der Waals surface area contributed by atoms with E-state index in [1.165, 1.54) is 23.1 Å². The molecule has 5 nitrogen and oxygen atoms in total. The van der Waals surface area contributed by atoms with E-state index in [-0.39, 0.29) is 5.78 Å².